The molecule has 0 aliphatic rings. The van der Waals surface area contributed by atoms with Crippen LogP contribution in [0.25, 0.3) is 0 Å². The van der Waals surface area contributed by atoms with Gasteiger partial charge in [-0.2, -0.15) is 0 Å². The molecular formula is C11H11Cl2NO4. The first-order valence-electron chi connectivity index (χ1n) is 5.07. The van der Waals surface area contributed by atoms with Crippen molar-refractivity contribution in [2.45, 2.75) is 17.3 Å². The number of halogens is 2. The van der Waals surface area contributed by atoms with Gasteiger partial charge in [0, 0.05) is 0 Å². The van der Waals surface area contributed by atoms with E-state index in [1.165, 1.54) is 7.11 Å². The second-order valence-corrected chi connectivity index (χ2v) is 5.02. The Morgan fingerprint density at radius 2 is 2.06 bits per heavy atom. The smallest absolute Gasteiger partial charge is 0.370 e. The van der Waals surface area contributed by atoms with Gasteiger partial charge in [0.25, 0.3) is 0 Å². The van der Waals surface area contributed by atoms with Gasteiger partial charge in [-0.3, -0.25) is 10.1 Å². The molecule has 0 fully saturated rings. The van der Waals surface area contributed by atoms with Crippen LogP contribution in [-0.2, 0) is 11.2 Å². The quantitative estimate of drug-likeness (QED) is 0.275. The van der Waals surface area contributed by atoms with E-state index in [1.807, 2.05) is 0 Å². The summed E-state index contributed by atoms with van der Waals surface area (Å²) in [6.07, 6.45) is 0.108. The van der Waals surface area contributed by atoms with Gasteiger partial charge in [-0.05, 0) is 41.3 Å². The molecule has 1 rings (SSSR count). The average molecular weight is 292 g/mol. The predicted octanol–water partition coefficient (Wildman–Crippen LogP) is 2.81. The summed E-state index contributed by atoms with van der Waals surface area (Å²) in [6, 6.07) is 6.66. The summed E-state index contributed by atoms with van der Waals surface area (Å²) >= 11 is 11.1. The van der Waals surface area contributed by atoms with Gasteiger partial charge < -0.3 is 4.74 Å². The molecule has 0 saturated carbocycles. The van der Waals surface area contributed by atoms with Crippen molar-refractivity contribution in [2.75, 3.05) is 7.11 Å². The number of nitro groups is 1. The summed E-state index contributed by atoms with van der Waals surface area (Å²) in [4.78, 5) is 21.3. The molecule has 0 bridgehead atoms. The van der Waals surface area contributed by atoms with Crippen molar-refractivity contribution in [3.05, 3.63) is 45.5 Å². The zero-order valence-corrected chi connectivity index (χ0v) is 11.1. The highest BCUT2D eigenvalue weighted by molar-refractivity contribution is 6.46. The Morgan fingerprint density at radius 3 is 2.61 bits per heavy atom. The summed E-state index contributed by atoms with van der Waals surface area (Å²) in [7, 11) is 1.27. The number of hydrogen-bond donors (Lipinski definition) is 0. The normalized spacial score (nSPS) is 11.1. The van der Waals surface area contributed by atoms with E-state index >= 15 is 0 Å². The second-order valence-electron chi connectivity index (χ2n) is 3.57. The lowest BCUT2D eigenvalue weighted by atomic mass is 10.0. The van der Waals surface area contributed by atoms with Crippen molar-refractivity contribution < 1.29 is 14.5 Å². The molecule has 0 amide bonds. The molecule has 0 heterocycles. The monoisotopic (exact) mass is 291 g/mol. The zero-order valence-electron chi connectivity index (χ0n) is 9.56. The van der Waals surface area contributed by atoms with Crippen LogP contribution in [0.4, 0.5) is 0 Å². The van der Waals surface area contributed by atoms with Crippen LogP contribution in [0.1, 0.15) is 22.3 Å². The first kappa shape index (κ1) is 14.7. The molecule has 0 unspecified atom stereocenters. The molecule has 98 valence electrons. The second kappa shape index (κ2) is 6.02. The zero-order chi connectivity index (χ0) is 13.8. The van der Waals surface area contributed by atoms with E-state index in [2.05, 4.69) is 4.74 Å². The lowest BCUT2D eigenvalue weighted by Gasteiger charge is -2.12. The number of aryl methyl sites for hydroxylation is 1. The number of hydrogen-bond acceptors (Lipinski definition) is 4. The number of alkyl halides is 2. The first-order chi connectivity index (χ1) is 8.38. The largest absolute Gasteiger partial charge is 0.465 e. The van der Waals surface area contributed by atoms with Crippen LogP contribution < -0.4 is 0 Å². The molecule has 0 aromatic heterocycles. The third-order valence-electron chi connectivity index (χ3n) is 2.38. The van der Waals surface area contributed by atoms with Crippen LogP contribution in [0.2, 0.25) is 0 Å². The standard InChI is InChI=1S/C11H11Cl2NO4/c1-18-10(15)9-5-3-2-4-8(9)6-7-11(12,13)14(16)17/h2-5H,6-7H2,1H3. The van der Waals surface area contributed by atoms with Crippen LogP contribution in [0.15, 0.2) is 24.3 Å². The summed E-state index contributed by atoms with van der Waals surface area (Å²) in [5, 5.41) is 10.6. The van der Waals surface area contributed by atoms with Crippen molar-refractivity contribution in [1.82, 2.24) is 0 Å². The highest BCUT2D eigenvalue weighted by atomic mass is 35.5. The molecule has 0 atom stereocenters. The number of esters is 1. The van der Waals surface area contributed by atoms with Gasteiger partial charge in [0.05, 0.1) is 24.0 Å². The SMILES string of the molecule is COC(=O)c1ccccc1CCC(Cl)(Cl)[N+](=O)[O-]. The van der Waals surface area contributed by atoms with Crippen molar-refractivity contribution in [1.29, 1.82) is 0 Å². The van der Waals surface area contributed by atoms with Gasteiger partial charge in [-0.1, -0.05) is 18.2 Å². The van der Waals surface area contributed by atoms with Gasteiger partial charge in [0.2, 0.25) is 0 Å². The predicted molar refractivity (Wildman–Crippen MR) is 67.5 cm³/mol. The fourth-order valence-corrected chi connectivity index (χ4v) is 1.61. The van der Waals surface area contributed by atoms with Gasteiger partial charge in [-0.25, -0.2) is 4.79 Å². The van der Waals surface area contributed by atoms with E-state index < -0.39 is 15.3 Å². The van der Waals surface area contributed by atoms with Crippen LogP contribution in [-0.4, -0.2) is 22.5 Å². The number of carbonyl (C=O) groups is 1. The minimum atomic E-state index is -2.05. The van der Waals surface area contributed by atoms with Crippen LogP contribution in [0, 0.1) is 10.1 Å². The molecule has 7 heteroatoms. The fourth-order valence-electron chi connectivity index (χ4n) is 1.42. The number of ether oxygens (including phenoxy) is 1. The number of carbonyl (C=O) groups excluding carboxylic acids is 1. The van der Waals surface area contributed by atoms with Crippen molar-refractivity contribution >= 4 is 29.2 Å². The maximum Gasteiger partial charge on any atom is 0.370 e. The third kappa shape index (κ3) is 3.58. The minimum Gasteiger partial charge on any atom is -0.465 e. The molecule has 18 heavy (non-hydrogen) atoms. The summed E-state index contributed by atoms with van der Waals surface area (Å²) in [6.45, 7) is 0. The molecule has 0 N–H and O–H groups in total. The number of nitrogens with zero attached hydrogens (tertiary/aromatic N) is 1. The first-order valence-corrected chi connectivity index (χ1v) is 5.82. The summed E-state index contributed by atoms with van der Waals surface area (Å²) in [5.74, 6) is -0.499. The Morgan fingerprint density at radius 1 is 1.44 bits per heavy atom. The van der Waals surface area contributed by atoms with Crippen molar-refractivity contribution in [3.8, 4) is 0 Å². The lowest BCUT2D eigenvalue weighted by molar-refractivity contribution is -0.516. The molecule has 0 radical (unpaired) electrons. The van der Waals surface area contributed by atoms with Crippen LogP contribution in [0.3, 0.4) is 0 Å². The van der Waals surface area contributed by atoms with Gasteiger partial charge in [-0.15, -0.1) is 0 Å². The van der Waals surface area contributed by atoms with Crippen LogP contribution in [0.5, 0.6) is 0 Å². The molecule has 0 aliphatic carbocycles. The molecule has 0 spiro atoms. The molecule has 0 saturated heterocycles. The van der Waals surface area contributed by atoms with E-state index in [0.717, 1.165) is 0 Å². The Hall–Kier alpha value is -1.33. The maximum atomic E-state index is 11.5. The van der Waals surface area contributed by atoms with E-state index in [0.29, 0.717) is 11.1 Å². The maximum absolute atomic E-state index is 11.5. The minimum absolute atomic E-state index is 0.100. The van der Waals surface area contributed by atoms with Crippen molar-refractivity contribution in [3.63, 3.8) is 0 Å². The number of rotatable bonds is 5. The molecular weight excluding hydrogens is 281 g/mol. The summed E-state index contributed by atoms with van der Waals surface area (Å²) < 4.78 is 2.57. The van der Waals surface area contributed by atoms with Crippen LogP contribution >= 0.6 is 23.2 Å². The lowest BCUT2D eigenvalue weighted by Crippen LogP contribution is -2.25. The Balaban J connectivity index is 2.86. The average Bonchev–Trinajstić information content (AvgIpc) is 2.35. The molecule has 1 aromatic rings. The third-order valence-corrected chi connectivity index (χ3v) is 3.04. The van der Waals surface area contributed by atoms with Crippen molar-refractivity contribution in [2.24, 2.45) is 0 Å². The number of benzene rings is 1. The Bertz CT molecular complexity index is 462. The van der Waals surface area contributed by atoms with Gasteiger partial charge in [0.1, 0.15) is 0 Å². The fraction of sp³-hybridized carbons (Fsp3) is 0.364. The summed E-state index contributed by atoms with van der Waals surface area (Å²) in [5.41, 5.74) is 0.962. The van der Waals surface area contributed by atoms with Gasteiger partial charge >= 0.3 is 10.4 Å². The highest BCUT2D eigenvalue weighted by Crippen LogP contribution is 2.28. The molecule has 0 aliphatic heterocycles. The van der Waals surface area contributed by atoms with E-state index in [9.17, 15) is 14.9 Å². The van der Waals surface area contributed by atoms with E-state index in [4.69, 9.17) is 23.2 Å². The van der Waals surface area contributed by atoms with Gasteiger partial charge in [0.15, 0.2) is 0 Å². The molecule has 1 aromatic carbocycles. The van der Waals surface area contributed by atoms with E-state index in [-0.39, 0.29) is 12.8 Å². The van der Waals surface area contributed by atoms with E-state index in [1.54, 1.807) is 24.3 Å². The topological polar surface area (TPSA) is 69.4 Å². The highest BCUT2D eigenvalue weighted by Gasteiger charge is 2.37. The Labute approximate surface area is 114 Å². The number of methoxy groups -OCH3 is 1. The molecule has 5 nitrogen and oxygen atoms in total. The Kier molecular flexibility index (Phi) is 4.93.